The number of aliphatic hydroxyl groups excluding tert-OH is 1. The monoisotopic (exact) mass is 374 g/mol. The first-order valence-electron chi connectivity index (χ1n) is 9.03. The predicted molar refractivity (Wildman–Crippen MR) is 99.4 cm³/mol. The van der Waals surface area contributed by atoms with Gasteiger partial charge in [0.15, 0.2) is 0 Å². The molecule has 26 heavy (non-hydrogen) atoms. The second-order valence-corrected chi connectivity index (χ2v) is 7.83. The average molecular weight is 375 g/mol. The van der Waals surface area contributed by atoms with Gasteiger partial charge in [-0.05, 0) is 42.4 Å². The number of hydrogen-bond acceptors (Lipinski definition) is 5. The lowest BCUT2D eigenvalue weighted by molar-refractivity contribution is 0.116. The Morgan fingerprint density at radius 1 is 1.15 bits per heavy atom. The zero-order chi connectivity index (χ0) is 18.1. The molecule has 2 aliphatic rings. The molecule has 138 valence electrons. The van der Waals surface area contributed by atoms with E-state index in [1.165, 1.54) is 0 Å². The van der Waals surface area contributed by atoms with Crippen molar-refractivity contribution in [2.45, 2.75) is 25.0 Å². The number of likely N-dealkylation sites (tertiary alicyclic amines) is 1. The van der Waals surface area contributed by atoms with Crippen LogP contribution in [0, 0.1) is 11.8 Å². The van der Waals surface area contributed by atoms with Gasteiger partial charge in [0, 0.05) is 31.9 Å². The van der Waals surface area contributed by atoms with Gasteiger partial charge in [0.25, 0.3) is 0 Å². The van der Waals surface area contributed by atoms with Gasteiger partial charge < -0.3 is 14.9 Å². The summed E-state index contributed by atoms with van der Waals surface area (Å²) in [5.41, 5.74) is 0.842. The van der Waals surface area contributed by atoms with Crippen molar-refractivity contribution in [3.8, 4) is 11.5 Å². The standard InChI is InChI=1S/C20H23ClN2O3/c21-16-7-19(9-22-8-16)26-18-5-14-10-23(11-15(14)6-18)12-20(25)13-1-3-17(24)4-2-13/h1-4,7-9,14-15,18,20,24-25H,5-6,10-12H2/t14-,15+,18+,20?. The zero-order valence-corrected chi connectivity index (χ0v) is 15.2. The number of aromatic nitrogens is 1. The van der Waals surface area contributed by atoms with E-state index in [-0.39, 0.29) is 11.9 Å². The Morgan fingerprint density at radius 2 is 1.85 bits per heavy atom. The molecule has 4 rings (SSSR count). The van der Waals surface area contributed by atoms with Gasteiger partial charge in [-0.1, -0.05) is 23.7 Å². The third-order valence-corrected chi connectivity index (χ3v) is 5.68. The van der Waals surface area contributed by atoms with Crippen molar-refractivity contribution in [1.29, 1.82) is 0 Å². The lowest BCUT2D eigenvalue weighted by Gasteiger charge is -2.22. The first kappa shape index (κ1) is 17.6. The number of phenolic OH excluding ortho intramolecular Hbond substituents is 1. The van der Waals surface area contributed by atoms with Crippen molar-refractivity contribution in [3.63, 3.8) is 0 Å². The summed E-state index contributed by atoms with van der Waals surface area (Å²) in [6.07, 6.45) is 5.06. The van der Waals surface area contributed by atoms with Crippen LogP contribution in [-0.4, -0.2) is 45.8 Å². The van der Waals surface area contributed by atoms with Gasteiger partial charge >= 0.3 is 0 Å². The summed E-state index contributed by atoms with van der Waals surface area (Å²) in [5, 5.41) is 20.4. The second kappa shape index (κ2) is 7.43. The molecule has 1 aliphatic heterocycles. The minimum absolute atomic E-state index is 0.217. The van der Waals surface area contributed by atoms with Crippen LogP contribution >= 0.6 is 11.6 Å². The predicted octanol–water partition coefficient (Wildman–Crippen LogP) is 3.26. The molecule has 5 nitrogen and oxygen atoms in total. The molecule has 2 aromatic rings. The number of phenols is 1. The molecule has 2 fully saturated rings. The highest BCUT2D eigenvalue weighted by Gasteiger charge is 2.42. The van der Waals surface area contributed by atoms with Crippen molar-refractivity contribution in [2.75, 3.05) is 19.6 Å². The van der Waals surface area contributed by atoms with Crippen LogP contribution in [-0.2, 0) is 0 Å². The second-order valence-electron chi connectivity index (χ2n) is 7.40. The molecule has 1 saturated heterocycles. The van der Waals surface area contributed by atoms with Crippen LogP contribution < -0.4 is 4.74 Å². The average Bonchev–Trinajstić information content (AvgIpc) is 3.13. The first-order chi connectivity index (χ1) is 12.6. The first-order valence-corrected chi connectivity index (χ1v) is 9.41. The van der Waals surface area contributed by atoms with Gasteiger partial charge in [0.2, 0.25) is 0 Å². The van der Waals surface area contributed by atoms with Gasteiger partial charge in [-0.3, -0.25) is 9.88 Å². The summed E-state index contributed by atoms with van der Waals surface area (Å²) in [6.45, 7) is 2.61. The van der Waals surface area contributed by atoms with E-state index in [1.807, 2.05) is 6.07 Å². The van der Waals surface area contributed by atoms with Gasteiger partial charge in [0.1, 0.15) is 11.5 Å². The highest BCUT2D eigenvalue weighted by Crippen LogP contribution is 2.40. The zero-order valence-electron chi connectivity index (χ0n) is 14.5. The normalized spacial score (nSPS) is 26.6. The summed E-state index contributed by atoms with van der Waals surface area (Å²) < 4.78 is 6.05. The molecular weight excluding hydrogens is 352 g/mol. The third-order valence-electron chi connectivity index (χ3n) is 5.47. The Bertz CT molecular complexity index is 741. The van der Waals surface area contributed by atoms with Crippen LogP contribution in [0.1, 0.15) is 24.5 Å². The van der Waals surface area contributed by atoms with E-state index in [2.05, 4.69) is 9.88 Å². The van der Waals surface area contributed by atoms with Crippen molar-refractivity contribution < 1.29 is 14.9 Å². The molecule has 0 spiro atoms. The van der Waals surface area contributed by atoms with E-state index in [0.717, 1.165) is 37.2 Å². The molecule has 4 atom stereocenters. The molecule has 2 heterocycles. The van der Waals surface area contributed by atoms with E-state index in [4.69, 9.17) is 16.3 Å². The smallest absolute Gasteiger partial charge is 0.139 e. The number of β-amino-alcohol motifs (C(OH)–C–C–N with tert-alkyl or cyclic N) is 1. The minimum atomic E-state index is -0.529. The van der Waals surface area contributed by atoms with Crippen LogP contribution in [0.15, 0.2) is 42.7 Å². The summed E-state index contributed by atoms with van der Waals surface area (Å²) in [4.78, 5) is 6.41. The summed E-state index contributed by atoms with van der Waals surface area (Å²) >= 11 is 5.97. The van der Waals surface area contributed by atoms with Crippen LogP contribution in [0.3, 0.4) is 0 Å². The summed E-state index contributed by atoms with van der Waals surface area (Å²) in [6, 6.07) is 8.59. The molecule has 0 radical (unpaired) electrons. The maximum Gasteiger partial charge on any atom is 0.139 e. The third kappa shape index (κ3) is 3.95. The maximum atomic E-state index is 10.4. The molecule has 2 N–H and O–H groups in total. The molecule has 6 heteroatoms. The molecule has 1 aromatic carbocycles. The summed E-state index contributed by atoms with van der Waals surface area (Å²) in [5.74, 6) is 2.18. The number of pyridine rings is 1. The number of ether oxygens (including phenoxy) is 1. The number of halogens is 1. The van der Waals surface area contributed by atoms with E-state index < -0.39 is 6.10 Å². The van der Waals surface area contributed by atoms with Crippen molar-refractivity contribution in [1.82, 2.24) is 9.88 Å². The Labute approximate surface area is 158 Å². The minimum Gasteiger partial charge on any atom is -0.508 e. The number of rotatable bonds is 5. The molecular formula is C20H23ClN2O3. The van der Waals surface area contributed by atoms with Crippen molar-refractivity contribution in [2.24, 2.45) is 11.8 Å². The quantitative estimate of drug-likeness (QED) is 0.840. The maximum absolute atomic E-state index is 10.4. The molecule has 1 saturated carbocycles. The number of hydrogen-bond donors (Lipinski definition) is 2. The van der Waals surface area contributed by atoms with Gasteiger partial charge in [-0.15, -0.1) is 0 Å². The number of fused-ring (bicyclic) bond motifs is 1. The Hall–Kier alpha value is -1.82. The molecule has 1 unspecified atom stereocenters. The molecule has 0 bridgehead atoms. The lowest BCUT2D eigenvalue weighted by atomic mass is 10.0. The Balaban J connectivity index is 1.28. The Morgan fingerprint density at radius 3 is 2.50 bits per heavy atom. The fourth-order valence-electron chi connectivity index (χ4n) is 4.28. The number of benzene rings is 1. The van der Waals surface area contributed by atoms with Crippen LogP contribution in [0.5, 0.6) is 11.5 Å². The van der Waals surface area contributed by atoms with Crippen molar-refractivity contribution >= 4 is 11.6 Å². The fraction of sp³-hybridized carbons (Fsp3) is 0.450. The van der Waals surface area contributed by atoms with E-state index >= 15 is 0 Å². The van der Waals surface area contributed by atoms with E-state index in [1.54, 1.807) is 36.7 Å². The molecule has 0 amide bonds. The molecule has 1 aliphatic carbocycles. The molecule has 1 aromatic heterocycles. The SMILES string of the molecule is Oc1ccc(C(O)CN2C[C@H]3C[C@H](Oc4cncc(Cl)c4)C[C@H]3C2)cc1. The number of aromatic hydroxyl groups is 1. The Kier molecular flexibility index (Phi) is 5.02. The number of aliphatic hydroxyl groups is 1. The van der Waals surface area contributed by atoms with Crippen LogP contribution in [0.4, 0.5) is 0 Å². The van der Waals surface area contributed by atoms with E-state index in [9.17, 15) is 10.2 Å². The highest BCUT2D eigenvalue weighted by molar-refractivity contribution is 6.30. The highest BCUT2D eigenvalue weighted by atomic mass is 35.5. The largest absolute Gasteiger partial charge is 0.508 e. The van der Waals surface area contributed by atoms with E-state index in [0.29, 0.717) is 23.4 Å². The van der Waals surface area contributed by atoms with Gasteiger partial charge in [-0.2, -0.15) is 0 Å². The van der Waals surface area contributed by atoms with Crippen LogP contribution in [0.2, 0.25) is 5.02 Å². The fourth-order valence-corrected chi connectivity index (χ4v) is 4.45. The summed E-state index contributed by atoms with van der Waals surface area (Å²) in [7, 11) is 0. The lowest BCUT2D eigenvalue weighted by Crippen LogP contribution is -2.28. The van der Waals surface area contributed by atoms with Crippen LogP contribution in [0.25, 0.3) is 0 Å². The topological polar surface area (TPSA) is 65.8 Å². The number of nitrogens with zero attached hydrogens (tertiary/aromatic N) is 2. The van der Waals surface area contributed by atoms with Gasteiger partial charge in [0.05, 0.1) is 23.4 Å². The van der Waals surface area contributed by atoms with Crippen molar-refractivity contribution in [3.05, 3.63) is 53.3 Å². The van der Waals surface area contributed by atoms with Gasteiger partial charge in [-0.25, -0.2) is 0 Å².